The minimum Gasteiger partial charge on any atom is -0.394 e. The Hall–Kier alpha value is -1.11. The molecule has 0 spiro atoms. The Labute approximate surface area is 118 Å². The minimum atomic E-state index is -0.807. The number of anilines is 1. The lowest BCUT2D eigenvalue weighted by Crippen LogP contribution is -2.42. The zero-order valence-corrected chi connectivity index (χ0v) is 11.9. The normalized spacial score (nSPS) is 11.8. The van der Waals surface area contributed by atoms with Gasteiger partial charge in [0.2, 0.25) is 0 Å². The van der Waals surface area contributed by atoms with Gasteiger partial charge in [-0.1, -0.05) is 11.6 Å². The number of carbonyl (C=O) groups is 2. The Bertz CT molecular complexity index is 468. The molecule has 1 aromatic rings. The van der Waals surface area contributed by atoms with Crippen LogP contribution in [0.25, 0.3) is 0 Å². The molecule has 1 unspecified atom stereocenters. The van der Waals surface area contributed by atoms with E-state index in [-0.39, 0.29) is 6.61 Å². The van der Waals surface area contributed by atoms with Gasteiger partial charge < -0.3 is 15.7 Å². The van der Waals surface area contributed by atoms with E-state index in [0.717, 1.165) is 0 Å². The van der Waals surface area contributed by atoms with Crippen LogP contribution < -0.4 is 10.6 Å². The summed E-state index contributed by atoms with van der Waals surface area (Å²) in [7, 11) is 0. The first-order chi connectivity index (χ1) is 8.43. The number of aliphatic hydroxyl groups excluding tert-OH is 1. The highest BCUT2D eigenvalue weighted by molar-refractivity contribution is 9.10. The molecule has 0 aliphatic carbocycles. The first kappa shape index (κ1) is 14.9. The fourth-order valence-electron chi connectivity index (χ4n) is 1.10. The topological polar surface area (TPSA) is 78.4 Å². The third-order valence-electron chi connectivity index (χ3n) is 2.04. The molecular formula is C11H12BrClN2O3. The molecule has 3 N–H and O–H groups in total. The van der Waals surface area contributed by atoms with Crippen LogP contribution in [0, 0.1) is 0 Å². The highest BCUT2D eigenvalue weighted by atomic mass is 79.9. The molecule has 0 heterocycles. The number of benzene rings is 1. The molecule has 0 fully saturated rings. The van der Waals surface area contributed by atoms with Crippen LogP contribution in [0.1, 0.15) is 6.92 Å². The SMILES string of the molecule is CC(CO)NC(=O)C(=O)Nc1ccc(Cl)cc1Br. The number of hydrogen-bond acceptors (Lipinski definition) is 3. The molecule has 0 aromatic heterocycles. The van der Waals surface area contributed by atoms with E-state index in [1.54, 1.807) is 25.1 Å². The molecule has 0 saturated heterocycles. The second-order valence-corrected chi connectivity index (χ2v) is 4.93. The van der Waals surface area contributed by atoms with Crippen LogP contribution in [0.2, 0.25) is 5.02 Å². The Balaban J connectivity index is 2.67. The summed E-state index contributed by atoms with van der Waals surface area (Å²) in [5.74, 6) is -1.61. The third kappa shape index (κ3) is 4.29. The summed E-state index contributed by atoms with van der Waals surface area (Å²) in [6.45, 7) is 1.35. The van der Waals surface area contributed by atoms with Crippen molar-refractivity contribution >= 4 is 45.0 Å². The summed E-state index contributed by atoms with van der Waals surface area (Å²) < 4.78 is 0.575. The Morgan fingerprint density at radius 1 is 1.44 bits per heavy atom. The van der Waals surface area contributed by atoms with Crippen LogP contribution in [0.3, 0.4) is 0 Å². The number of aliphatic hydroxyl groups is 1. The van der Waals surface area contributed by atoms with Crippen molar-refractivity contribution in [1.82, 2.24) is 5.32 Å². The lowest BCUT2D eigenvalue weighted by Gasteiger charge is -2.11. The first-order valence-electron chi connectivity index (χ1n) is 5.11. The van der Waals surface area contributed by atoms with E-state index >= 15 is 0 Å². The van der Waals surface area contributed by atoms with Gasteiger partial charge in [0.05, 0.1) is 12.3 Å². The Morgan fingerprint density at radius 3 is 2.67 bits per heavy atom. The Morgan fingerprint density at radius 2 is 2.11 bits per heavy atom. The maximum Gasteiger partial charge on any atom is 0.313 e. The molecule has 1 rings (SSSR count). The van der Waals surface area contributed by atoms with Crippen molar-refractivity contribution in [3.63, 3.8) is 0 Å². The molecule has 5 nitrogen and oxygen atoms in total. The number of rotatable bonds is 3. The molecule has 7 heteroatoms. The summed E-state index contributed by atoms with van der Waals surface area (Å²) in [4.78, 5) is 23.0. The fourth-order valence-corrected chi connectivity index (χ4v) is 1.89. The lowest BCUT2D eigenvalue weighted by atomic mass is 10.3. The van der Waals surface area contributed by atoms with E-state index in [0.29, 0.717) is 15.2 Å². The van der Waals surface area contributed by atoms with Gasteiger partial charge in [0, 0.05) is 15.5 Å². The number of hydrogen-bond donors (Lipinski definition) is 3. The predicted molar refractivity (Wildman–Crippen MR) is 72.5 cm³/mol. The van der Waals surface area contributed by atoms with Gasteiger partial charge in [-0.05, 0) is 41.1 Å². The molecule has 0 radical (unpaired) electrons. The van der Waals surface area contributed by atoms with Gasteiger partial charge in [0.1, 0.15) is 0 Å². The van der Waals surface area contributed by atoms with Crippen molar-refractivity contribution in [3.8, 4) is 0 Å². The van der Waals surface area contributed by atoms with E-state index in [1.807, 2.05) is 0 Å². The zero-order valence-electron chi connectivity index (χ0n) is 9.54. The van der Waals surface area contributed by atoms with Crippen molar-refractivity contribution in [2.24, 2.45) is 0 Å². The lowest BCUT2D eigenvalue weighted by molar-refractivity contribution is -0.136. The van der Waals surface area contributed by atoms with Gasteiger partial charge in [0.15, 0.2) is 0 Å². The number of halogens is 2. The standard InChI is InChI=1S/C11H12BrClN2O3/c1-6(5-16)14-10(17)11(18)15-9-3-2-7(13)4-8(9)12/h2-4,6,16H,5H2,1H3,(H,14,17)(H,15,18). The number of amides is 2. The van der Waals surface area contributed by atoms with Crippen molar-refractivity contribution < 1.29 is 14.7 Å². The van der Waals surface area contributed by atoms with E-state index in [4.69, 9.17) is 16.7 Å². The van der Waals surface area contributed by atoms with Crippen LogP contribution in [-0.2, 0) is 9.59 Å². The molecule has 98 valence electrons. The van der Waals surface area contributed by atoms with Gasteiger partial charge in [-0.25, -0.2) is 0 Å². The van der Waals surface area contributed by atoms with Crippen LogP contribution in [0.5, 0.6) is 0 Å². The number of nitrogens with one attached hydrogen (secondary N) is 2. The third-order valence-corrected chi connectivity index (χ3v) is 2.93. The van der Waals surface area contributed by atoms with E-state index < -0.39 is 17.9 Å². The highest BCUT2D eigenvalue weighted by Gasteiger charge is 2.16. The molecule has 0 aliphatic rings. The van der Waals surface area contributed by atoms with Crippen LogP contribution in [0.15, 0.2) is 22.7 Å². The molecular weight excluding hydrogens is 323 g/mol. The van der Waals surface area contributed by atoms with Crippen LogP contribution in [-0.4, -0.2) is 29.6 Å². The predicted octanol–water partition coefficient (Wildman–Crippen LogP) is 1.54. The second kappa shape index (κ2) is 6.72. The van der Waals surface area contributed by atoms with Gasteiger partial charge >= 0.3 is 11.8 Å². The maximum absolute atomic E-state index is 11.5. The molecule has 18 heavy (non-hydrogen) atoms. The second-order valence-electron chi connectivity index (χ2n) is 3.64. The van der Waals surface area contributed by atoms with Crippen molar-refractivity contribution in [1.29, 1.82) is 0 Å². The molecule has 1 atom stereocenters. The van der Waals surface area contributed by atoms with Crippen LogP contribution >= 0.6 is 27.5 Å². The molecule has 0 aliphatic heterocycles. The van der Waals surface area contributed by atoms with Gasteiger partial charge in [-0.2, -0.15) is 0 Å². The minimum absolute atomic E-state index is 0.232. The zero-order chi connectivity index (χ0) is 13.7. The summed E-state index contributed by atoms with van der Waals surface area (Å²) >= 11 is 8.97. The summed E-state index contributed by atoms with van der Waals surface area (Å²) in [6.07, 6.45) is 0. The van der Waals surface area contributed by atoms with Crippen LogP contribution in [0.4, 0.5) is 5.69 Å². The molecule has 1 aromatic carbocycles. The summed E-state index contributed by atoms with van der Waals surface area (Å²) in [5, 5.41) is 14.0. The van der Waals surface area contributed by atoms with E-state index in [2.05, 4.69) is 26.6 Å². The molecule has 0 saturated carbocycles. The van der Waals surface area contributed by atoms with Gasteiger partial charge in [-0.3, -0.25) is 9.59 Å². The van der Waals surface area contributed by atoms with Gasteiger partial charge in [-0.15, -0.1) is 0 Å². The summed E-state index contributed by atoms with van der Waals surface area (Å²) in [5.41, 5.74) is 0.441. The molecule has 0 bridgehead atoms. The first-order valence-corrected chi connectivity index (χ1v) is 6.29. The highest BCUT2D eigenvalue weighted by Crippen LogP contribution is 2.25. The van der Waals surface area contributed by atoms with Crippen molar-refractivity contribution in [2.45, 2.75) is 13.0 Å². The molecule has 2 amide bonds. The van der Waals surface area contributed by atoms with E-state index in [9.17, 15) is 9.59 Å². The largest absolute Gasteiger partial charge is 0.394 e. The summed E-state index contributed by atoms with van der Waals surface area (Å²) in [6, 6.07) is 4.30. The Kier molecular flexibility index (Phi) is 5.58. The van der Waals surface area contributed by atoms with E-state index in [1.165, 1.54) is 0 Å². The van der Waals surface area contributed by atoms with Crippen molar-refractivity contribution in [2.75, 3.05) is 11.9 Å². The average Bonchev–Trinajstić information content (AvgIpc) is 2.32. The smallest absolute Gasteiger partial charge is 0.313 e. The quantitative estimate of drug-likeness (QED) is 0.733. The van der Waals surface area contributed by atoms with Crippen molar-refractivity contribution in [3.05, 3.63) is 27.7 Å². The monoisotopic (exact) mass is 334 g/mol. The average molecular weight is 336 g/mol. The number of carbonyl (C=O) groups excluding carboxylic acids is 2. The van der Waals surface area contributed by atoms with Gasteiger partial charge in [0.25, 0.3) is 0 Å². The fraction of sp³-hybridized carbons (Fsp3) is 0.273. The maximum atomic E-state index is 11.5.